The second-order valence-corrected chi connectivity index (χ2v) is 7.00. The zero-order chi connectivity index (χ0) is 17.0. The summed E-state index contributed by atoms with van der Waals surface area (Å²) in [7, 11) is -3.50. The summed E-state index contributed by atoms with van der Waals surface area (Å²) in [6.07, 6.45) is 3.19. The number of nitrogens with zero attached hydrogens (tertiary/aromatic N) is 3. The van der Waals surface area contributed by atoms with Crippen LogP contribution < -0.4 is 10.0 Å². The largest absolute Gasteiger partial charge is 0.369 e. The second-order valence-electron chi connectivity index (χ2n) is 5.23. The number of rotatable bonds is 6. The summed E-state index contributed by atoms with van der Waals surface area (Å²) in [6, 6.07) is 10.3. The molecule has 0 unspecified atom stereocenters. The van der Waals surface area contributed by atoms with Crippen molar-refractivity contribution in [3.8, 4) is 0 Å². The van der Waals surface area contributed by atoms with Gasteiger partial charge < -0.3 is 5.32 Å². The molecule has 3 rings (SSSR count). The van der Waals surface area contributed by atoms with E-state index in [4.69, 9.17) is 0 Å². The summed E-state index contributed by atoms with van der Waals surface area (Å²) in [5.74, 6) is 0.623. The predicted molar refractivity (Wildman–Crippen MR) is 92.2 cm³/mol. The standard InChI is InChI=1S/C16H17N5O2S/c1-12-2-4-13(5-3-12)24(22,23)20-11-10-18-15-7-6-14-16(21-15)19-9-8-17-14/h2-9,20H,10-11H2,1H3,(H,18,19,21). The minimum absolute atomic E-state index is 0.246. The molecule has 2 aromatic heterocycles. The Hall–Kier alpha value is -2.58. The molecule has 0 aliphatic rings. The zero-order valence-corrected chi connectivity index (χ0v) is 13.9. The quantitative estimate of drug-likeness (QED) is 0.662. The molecule has 0 saturated carbocycles. The third-order valence-corrected chi connectivity index (χ3v) is 4.86. The van der Waals surface area contributed by atoms with E-state index in [0.29, 0.717) is 23.5 Å². The molecule has 3 aromatic rings. The molecular weight excluding hydrogens is 326 g/mol. The van der Waals surface area contributed by atoms with Crippen LogP contribution in [0.4, 0.5) is 5.82 Å². The van der Waals surface area contributed by atoms with Crippen LogP contribution in [0, 0.1) is 6.92 Å². The molecule has 0 bridgehead atoms. The van der Waals surface area contributed by atoms with Gasteiger partial charge in [-0.25, -0.2) is 23.1 Å². The van der Waals surface area contributed by atoms with Crippen LogP contribution in [0.2, 0.25) is 0 Å². The summed E-state index contributed by atoms with van der Waals surface area (Å²) < 4.78 is 26.9. The molecule has 124 valence electrons. The SMILES string of the molecule is Cc1ccc(S(=O)(=O)NCCNc2ccc3nccnc3n2)cc1. The minimum atomic E-state index is -3.50. The van der Waals surface area contributed by atoms with Crippen molar-refractivity contribution < 1.29 is 8.42 Å². The first-order valence-corrected chi connectivity index (χ1v) is 8.91. The van der Waals surface area contributed by atoms with E-state index in [-0.39, 0.29) is 11.4 Å². The number of pyridine rings is 1. The Bertz CT molecular complexity index is 942. The molecule has 0 aliphatic carbocycles. The van der Waals surface area contributed by atoms with Crippen LogP contribution in [0.1, 0.15) is 5.56 Å². The molecule has 0 aliphatic heterocycles. The van der Waals surface area contributed by atoms with E-state index >= 15 is 0 Å². The number of hydrogen-bond acceptors (Lipinski definition) is 6. The van der Waals surface area contributed by atoms with E-state index in [1.165, 1.54) is 0 Å². The number of anilines is 1. The van der Waals surface area contributed by atoms with Crippen LogP contribution in [0.15, 0.2) is 53.7 Å². The van der Waals surface area contributed by atoms with Crippen molar-refractivity contribution in [3.05, 3.63) is 54.4 Å². The lowest BCUT2D eigenvalue weighted by Crippen LogP contribution is -2.29. The van der Waals surface area contributed by atoms with Gasteiger partial charge in [0.25, 0.3) is 0 Å². The van der Waals surface area contributed by atoms with E-state index in [0.717, 1.165) is 5.56 Å². The van der Waals surface area contributed by atoms with Gasteiger partial charge in [0.05, 0.1) is 4.90 Å². The molecule has 2 N–H and O–H groups in total. The van der Waals surface area contributed by atoms with Gasteiger partial charge in [-0.1, -0.05) is 17.7 Å². The first-order chi connectivity index (χ1) is 11.5. The van der Waals surface area contributed by atoms with Gasteiger partial charge in [-0.2, -0.15) is 0 Å². The monoisotopic (exact) mass is 343 g/mol. The number of sulfonamides is 1. The number of hydrogen-bond donors (Lipinski definition) is 2. The Morgan fingerprint density at radius 1 is 0.958 bits per heavy atom. The molecule has 0 radical (unpaired) electrons. The molecule has 24 heavy (non-hydrogen) atoms. The Kier molecular flexibility index (Phi) is 4.68. The first-order valence-electron chi connectivity index (χ1n) is 7.42. The summed E-state index contributed by atoms with van der Waals surface area (Å²) in [5, 5.41) is 3.06. The number of benzene rings is 1. The molecule has 0 atom stereocenters. The van der Waals surface area contributed by atoms with Crippen LogP contribution in [0.25, 0.3) is 11.2 Å². The predicted octanol–water partition coefficient (Wildman–Crippen LogP) is 1.72. The molecule has 1 aromatic carbocycles. The van der Waals surface area contributed by atoms with Gasteiger partial charge in [-0.3, -0.25) is 4.98 Å². The zero-order valence-electron chi connectivity index (χ0n) is 13.1. The Morgan fingerprint density at radius 2 is 1.71 bits per heavy atom. The average Bonchev–Trinajstić information content (AvgIpc) is 2.59. The van der Waals surface area contributed by atoms with Crippen LogP contribution >= 0.6 is 0 Å². The van der Waals surface area contributed by atoms with Gasteiger partial charge in [0.15, 0.2) is 5.65 Å². The fraction of sp³-hybridized carbons (Fsp3) is 0.188. The van der Waals surface area contributed by atoms with Gasteiger partial charge in [0, 0.05) is 25.5 Å². The van der Waals surface area contributed by atoms with E-state index in [9.17, 15) is 8.42 Å². The number of aryl methyl sites for hydroxylation is 1. The fourth-order valence-corrected chi connectivity index (χ4v) is 3.16. The summed E-state index contributed by atoms with van der Waals surface area (Å²) in [5.41, 5.74) is 2.27. The van der Waals surface area contributed by atoms with Gasteiger partial charge >= 0.3 is 0 Å². The molecule has 8 heteroatoms. The van der Waals surface area contributed by atoms with Gasteiger partial charge in [-0.05, 0) is 31.2 Å². The van der Waals surface area contributed by atoms with Gasteiger partial charge in [0.1, 0.15) is 11.3 Å². The van der Waals surface area contributed by atoms with Crippen molar-refractivity contribution in [2.75, 3.05) is 18.4 Å². The van der Waals surface area contributed by atoms with E-state index in [2.05, 4.69) is 25.0 Å². The van der Waals surface area contributed by atoms with Crippen molar-refractivity contribution >= 4 is 27.0 Å². The molecule has 0 spiro atoms. The summed E-state index contributed by atoms with van der Waals surface area (Å²) in [6.45, 7) is 2.56. The molecule has 0 amide bonds. The molecule has 0 fully saturated rings. The third-order valence-electron chi connectivity index (χ3n) is 3.39. The van der Waals surface area contributed by atoms with Crippen molar-refractivity contribution in [2.45, 2.75) is 11.8 Å². The van der Waals surface area contributed by atoms with E-state index in [1.807, 2.05) is 13.0 Å². The van der Waals surface area contributed by atoms with Crippen LogP contribution in [-0.2, 0) is 10.0 Å². The maximum Gasteiger partial charge on any atom is 0.240 e. The Balaban J connectivity index is 1.56. The summed E-state index contributed by atoms with van der Waals surface area (Å²) >= 11 is 0. The maximum absolute atomic E-state index is 12.2. The smallest absolute Gasteiger partial charge is 0.240 e. The average molecular weight is 343 g/mol. The lowest BCUT2D eigenvalue weighted by atomic mass is 10.2. The van der Waals surface area contributed by atoms with Crippen molar-refractivity contribution in [3.63, 3.8) is 0 Å². The minimum Gasteiger partial charge on any atom is -0.369 e. The normalized spacial score (nSPS) is 11.5. The fourth-order valence-electron chi connectivity index (χ4n) is 2.13. The van der Waals surface area contributed by atoms with Crippen LogP contribution in [0.3, 0.4) is 0 Å². The highest BCUT2D eigenvalue weighted by Crippen LogP contribution is 2.11. The number of fused-ring (bicyclic) bond motifs is 1. The molecular formula is C16H17N5O2S. The first kappa shape index (κ1) is 16.3. The molecule has 7 nitrogen and oxygen atoms in total. The van der Waals surface area contributed by atoms with Gasteiger partial charge in [0.2, 0.25) is 10.0 Å². The lowest BCUT2D eigenvalue weighted by molar-refractivity contribution is 0.583. The molecule has 0 saturated heterocycles. The van der Waals surface area contributed by atoms with E-state index in [1.54, 1.807) is 42.7 Å². The highest BCUT2D eigenvalue weighted by atomic mass is 32.2. The molecule has 2 heterocycles. The highest BCUT2D eigenvalue weighted by molar-refractivity contribution is 7.89. The van der Waals surface area contributed by atoms with Crippen molar-refractivity contribution in [2.24, 2.45) is 0 Å². The highest BCUT2D eigenvalue weighted by Gasteiger charge is 2.12. The van der Waals surface area contributed by atoms with Gasteiger partial charge in [-0.15, -0.1) is 0 Å². The second kappa shape index (κ2) is 6.90. The van der Waals surface area contributed by atoms with Crippen molar-refractivity contribution in [1.29, 1.82) is 0 Å². The lowest BCUT2D eigenvalue weighted by Gasteiger charge is -2.09. The Labute approximate surface area is 140 Å². The summed E-state index contributed by atoms with van der Waals surface area (Å²) in [4.78, 5) is 12.8. The number of aromatic nitrogens is 3. The van der Waals surface area contributed by atoms with E-state index < -0.39 is 10.0 Å². The Morgan fingerprint density at radius 3 is 2.50 bits per heavy atom. The van der Waals surface area contributed by atoms with Crippen molar-refractivity contribution in [1.82, 2.24) is 19.7 Å². The van der Waals surface area contributed by atoms with Crippen LogP contribution in [-0.4, -0.2) is 36.5 Å². The van der Waals surface area contributed by atoms with Crippen LogP contribution in [0.5, 0.6) is 0 Å². The maximum atomic E-state index is 12.2. The topological polar surface area (TPSA) is 96.9 Å². The third kappa shape index (κ3) is 3.84. The number of nitrogens with one attached hydrogen (secondary N) is 2.